The van der Waals surface area contributed by atoms with E-state index in [1.807, 2.05) is 0 Å². The Morgan fingerprint density at radius 3 is 2.76 bits per heavy atom. The number of rotatable bonds is 7. The zero-order chi connectivity index (χ0) is 12.7. The molecule has 17 heavy (non-hydrogen) atoms. The van der Waals surface area contributed by atoms with Gasteiger partial charge in [-0.2, -0.15) is 0 Å². The van der Waals surface area contributed by atoms with E-state index in [-0.39, 0.29) is 0 Å². The van der Waals surface area contributed by atoms with Crippen molar-refractivity contribution in [2.75, 3.05) is 26.0 Å². The van der Waals surface area contributed by atoms with Gasteiger partial charge in [-0.1, -0.05) is 13.3 Å². The molecule has 0 amide bonds. The van der Waals surface area contributed by atoms with Crippen molar-refractivity contribution in [3.8, 4) is 0 Å². The van der Waals surface area contributed by atoms with Crippen LogP contribution in [0, 0.1) is 0 Å². The highest BCUT2D eigenvalue weighted by molar-refractivity contribution is 5.35. The minimum Gasteiger partial charge on any atom is -0.367 e. The Balaban J connectivity index is 2.46. The molecule has 1 aromatic rings. The van der Waals surface area contributed by atoms with Gasteiger partial charge in [0.05, 0.1) is 0 Å². The summed E-state index contributed by atoms with van der Waals surface area (Å²) < 4.78 is 0. The molecule has 1 heterocycles. The lowest BCUT2D eigenvalue weighted by atomic mass is 10.2. The summed E-state index contributed by atoms with van der Waals surface area (Å²) in [5.41, 5.74) is 1.12. The van der Waals surface area contributed by atoms with Crippen molar-refractivity contribution < 1.29 is 0 Å². The van der Waals surface area contributed by atoms with Gasteiger partial charge in [0.25, 0.3) is 0 Å². The fourth-order valence-electron chi connectivity index (χ4n) is 1.65. The molecule has 0 aliphatic carbocycles. The van der Waals surface area contributed by atoms with E-state index in [4.69, 9.17) is 0 Å². The highest BCUT2D eigenvalue weighted by atomic mass is 15.1. The number of nitrogens with zero attached hydrogens (tertiary/aromatic N) is 3. The van der Waals surface area contributed by atoms with Crippen LogP contribution in [0.15, 0.2) is 12.4 Å². The number of nitrogens with one attached hydrogen (secondary N) is 1. The molecule has 0 bridgehead atoms. The van der Waals surface area contributed by atoms with E-state index in [0.29, 0.717) is 6.04 Å². The number of anilines is 1. The lowest BCUT2D eigenvalue weighted by molar-refractivity contribution is 0.390. The summed E-state index contributed by atoms with van der Waals surface area (Å²) in [7, 11) is 4.19. The Labute approximate surface area is 104 Å². The first-order valence-electron chi connectivity index (χ1n) is 6.34. The molecule has 0 radical (unpaired) electrons. The van der Waals surface area contributed by atoms with Crippen molar-refractivity contribution in [3.63, 3.8) is 0 Å². The van der Waals surface area contributed by atoms with E-state index in [1.54, 1.807) is 6.33 Å². The molecule has 0 aliphatic rings. The molecule has 1 unspecified atom stereocenters. The highest BCUT2D eigenvalue weighted by Gasteiger charge is 2.04. The van der Waals surface area contributed by atoms with Crippen molar-refractivity contribution in [1.29, 1.82) is 0 Å². The van der Waals surface area contributed by atoms with E-state index >= 15 is 0 Å². The Morgan fingerprint density at radius 2 is 2.12 bits per heavy atom. The van der Waals surface area contributed by atoms with E-state index < -0.39 is 0 Å². The summed E-state index contributed by atoms with van der Waals surface area (Å²) in [5.74, 6) is 0.940. The first-order chi connectivity index (χ1) is 8.11. The quantitative estimate of drug-likeness (QED) is 0.788. The topological polar surface area (TPSA) is 41.0 Å². The lowest BCUT2D eigenvalue weighted by Crippen LogP contribution is -2.23. The SMILES string of the molecule is CCCc1cc(NC(C)CCN(C)C)ncn1. The smallest absolute Gasteiger partial charge is 0.129 e. The van der Waals surface area contributed by atoms with Gasteiger partial charge in [0, 0.05) is 17.8 Å². The zero-order valence-corrected chi connectivity index (χ0v) is 11.4. The van der Waals surface area contributed by atoms with Crippen LogP contribution < -0.4 is 5.32 Å². The highest BCUT2D eigenvalue weighted by Crippen LogP contribution is 2.08. The maximum atomic E-state index is 4.25. The van der Waals surface area contributed by atoms with Gasteiger partial charge >= 0.3 is 0 Å². The summed E-state index contributed by atoms with van der Waals surface area (Å²) in [4.78, 5) is 10.7. The maximum Gasteiger partial charge on any atom is 0.129 e. The molecule has 0 saturated carbocycles. The van der Waals surface area contributed by atoms with Gasteiger partial charge in [-0.25, -0.2) is 9.97 Å². The molecule has 96 valence electrons. The van der Waals surface area contributed by atoms with Crippen molar-refractivity contribution in [2.45, 2.75) is 39.2 Å². The molecule has 1 atom stereocenters. The number of aromatic nitrogens is 2. The average Bonchev–Trinajstić information content (AvgIpc) is 2.27. The minimum atomic E-state index is 0.432. The third-order valence-corrected chi connectivity index (χ3v) is 2.63. The van der Waals surface area contributed by atoms with Gasteiger partial charge in [-0.3, -0.25) is 0 Å². The first kappa shape index (κ1) is 13.9. The normalized spacial score (nSPS) is 12.8. The van der Waals surface area contributed by atoms with E-state index in [2.05, 4.69) is 54.2 Å². The van der Waals surface area contributed by atoms with Crippen molar-refractivity contribution in [2.24, 2.45) is 0 Å². The largest absolute Gasteiger partial charge is 0.367 e. The van der Waals surface area contributed by atoms with E-state index in [9.17, 15) is 0 Å². The first-order valence-corrected chi connectivity index (χ1v) is 6.34. The summed E-state index contributed by atoms with van der Waals surface area (Å²) in [5, 5.41) is 3.42. The molecular weight excluding hydrogens is 212 g/mol. The second-order valence-corrected chi connectivity index (χ2v) is 4.78. The van der Waals surface area contributed by atoms with Crippen molar-refractivity contribution >= 4 is 5.82 Å². The van der Waals surface area contributed by atoms with Gasteiger partial charge in [0.15, 0.2) is 0 Å². The predicted octanol–water partition coefficient (Wildman–Crippen LogP) is 2.18. The second kappa shape index (κ2) is 7.22. The van der Waals surface area contributed by atoms with Crippen LogP contribution in [0.1, 0.15) is 32.4 Å². The monoisotopic (exact) mass is 236 g/mol. The summed E-state index contributed by atoms with van der Waals surface area (Å²) in [6, 6.07) is 2.48. The van der Waals surface area contributed by atoms with Gasteiger partial charge in [-0.15, -0.1) is 0 Å². The third kappa shape index (κ3) is 5.63. The zero-order valence-electron chi connectivity index (χ0n) is 11.4. The molecule has 0 saturated heterocycles. The molecule has 0 aromatic carbocycles. The predicted molar refractivity (Wildman–Crippen MR) is 72.3 cm³/mol. The Morgan fingerprint density at radius 1 is 1.35 bits per heavy atom. The standard InChI is InChI=1S/C13H24N4/c1-5-6-12-9-13(15-10-14-12)16-11(2)7-8-17(3)4/h9-11H,5-8H2,1-4H3,(H,14,15,16). The fourth-order valence-corrected chi connectivity index (χ4v) is 1.65. The number of hydrogen-bond donors (Lipinski definition) is 1. The Bertz CT molecular complexity index is 325. The summed E-state index contributed by atoms with van der Waals surface area (Å²) >= 11 is 0. The maximum absolute atomic E-state index is 4.25. The number of hydrogen-bond acceptors (Lipinski definition) is 4. The van der Waals surface area contributed by atoms with E-state index in [0.717, 1.165) is 37.3 Å². The van der Waals surface area contributed by atoms with Crippen LogP contribution in [-0.2, 0) is 6.42 Å². The number of aryl methyl sites for hydroxylation is 1. The van der Waals surface area contributed by atoms with Crippen LogP contribution in [0.25, 0.3) is 0 Å². The Kier molecular flexibility index (Phi) is 5.91. The van der Waals surface area contributed by atoms with Crippen LogP contribution in [0.3, 0.4) is 0 Å². The fraction of sp³-hybridized carbons (Fsp3) is 0.692. The summed E-state index contributed by atoms with van der Waals surface area (Å²) in [6.07, 6.45) is 4.89. The van der Waals surface area contributed by atoms with Gasteiger partial charge in [0.1, 0.15) is 12.1 Å². The van der Waals surface area contributed by atoms with Crippen molar-refractivity contribution in [3.05, 3.63) is 18.1 Å². The molecule has 1 N–H and O–H groups in total. The van der Waals surface area contributed by atoms with Crippen molar-refractivity contribution in [1.82, 2.24) is 14.9 Å². The molecular formula is C13H24N4. The molecule has 1 aromatic heterocycles. The average molecular weight is 236 g/mol. The van der Waals surface area contributed by atoms with Gasteiger partial charge in [0.2, 0.25) is 0 Å². The molecule has 4 nitrogen and oxygen atoms in total. The summed E-state index contributed by atoms with van der Waals surface area (Å²) in [6.45, 7) is 5.43. The van der Waals surface area contributed by atoms with Crippen LogP contribution in [-0.4, -0.2) is 41.5 Å². The molecule has 0 spiro atoms. The minimum absolute atomic E-state index is 0.432. The Hall–Kier alpha value is -1.16. The van der Waals surface area contributed by atoms with Gasteiger partial charge < -0.3 is 10.2 Å². The van der Waals surface area contributed by atoms with Gasteiger partial charge in [-0.05, 0) is 40.4 Å². The molecule has 4 heteroatoms. The van der Waals surface area contributed by atoms with Crippen LogP contribution in [0.4, 0.5) is 5.82 Å². The van der Waals surface area contributed by atoms with Crippen LogP contribution in [0.2, 0.25) is 0 Å². The lowest BCUT2D eigenvalue weighted by Gasteiger charge is -2.17. The van der Waals surface area contributed by atoms with Crippen LogP contribution >= 0.6 is 0 Å². The molecule has 0 fully saturated rings. The third-order valence-electron chi connectivity index (χ3n) is 2.63. The molecule has 1 rings (SSSR count). The molecule has 0 aliphatic heterocycles. The second-order valence-electron chi connectivity index (χ2n) is 4.78. The van der Waals surface area contributed by atoms with Crippen LogP contribution in [0.5, 0.6) is 0 Å². The van der Waals surface area contributed by atoms with E-state index in [1.165, 1.54) is 0 Å².